The lowest BCUT2D eigenvalue weighted by atomic mass is 9.85. The number of anilines is 2. The number of carboxylic acids is 1. The van der Waals surface area contributed by atoms with Crippen molar-refractivity contribution in [3.63, 3.8) is 0 Å². The Kier molecular flexibility index (Phi) is 6.66. The summed E-state index contributed by atoms with van der Waals surface area (Å²) in [5, 5.41) is 15.2. The zero-order valence-corrected chi connectivity index (χ0v) is 16.6. The van der Waals surface area contributed by atoms with Crippen LogP contribution in [-0.4, -0.2) is 59.1 Å². The molecule has 29 heavy (non-hydrogen) atoms. The van der Waals surface area contributed by atoms with Crippen molar-refractivity contribution in [1.29, 1.82) is 0 Å². The van der Waals surface area contributed by atoms with Gasteiger partial charge in [0.05, 0.1) is 24.9 Å². The Morgan fingerprint density at radius 3 is 2.69 bits per heavy atom. The Hall–Kier alpha value is -3.13. The largest absolute Gasteiger partial charge is 0.495 e. The van der Waals surface area contributed by atoms with E-state index in [0.717, 1.165) is 18.5 Å². The van der Waals surface area contributed by atoms with Crippen LogP contribution in [0.1, 0.15) is 30.1 Å². The second kappa shape index (κ2) is 9.38. The van der Waals surface area contributed by atoms with Crippen LogP contribution in [-0.2, 0) is 4.79 Å². The number of benzene rings is 1. The van der Waals surface area contributed by atoms with Gasteiger partial charge < -0.3 is 20.5 Å². The maximum absolute atomic E-state index is 12.8. The predicted molar refractivity (Wildman–Crippen MR) is 110 cm³/mol. The zero-order chi connectivity index (χ0) is 20.8. The third kappa shape index (κ3) is 5.03. The Bertz CT molecular complexity index is 867. The number of hydrogen-bond acceptors (Lipinski definition) is 6. The van der Waals surface area contributed by atoms with Gasteiger partial charge in [0, 0.05) is 18.3 Å². The minimum atomic E-state index is -0.832. The summed E-state index contributed by atoms with van der Waals surface area (Å²) in [4.78, 5) is 30.0. The van der Waals surface area contributed by atoms with Crippen molar-refractivity contribution in [1.82, 2.24) is 15.2 Å². The third-order valence-electron chi connectivity index (χ3n) is 5.12. The summed E-state index contributed by atoms with van der Waals surface area (Å²) in [6, 6.07) is 11.1. The number of nitrogens with one attached hydrogen (secondary N) is 2. The van der Waals surface area contributed by atoms with Crippen LogP contribution in [0.15, 0.2) is 42.6 Å². The molecule has 3 N–H and O–H groups in total. The molecule has 8 heteroatoms. The van der Waals surface area contributed by atoms with Gasteiger partial charge in [-0.05, 0) is 43.7 Å². The second-order valence-corrected chi connectivity index (χ2v) is 6.98. The number of ether oxygens (including phenoxy) is 1. The molecular formula is C21H26N4O4. The van der Waals surface area contributed by atoms with Crippen molar-refractivity contribution in [2.24, 2.45) is 0 Å². The first-order valence-electron chi connectivity index (χ1n) is 9.63. The number of pyridine rings is 1. The summed E-state index contributed by atoms with van der Waals surface area (Å²) in [6.07, 6.45) is 3.10. The SMILES string of the molecule is CCN(CC(=O)O)C1CC(NC(=O)c2cccnc2Nc2ccccc2OC)C1. The molecule has 0 saturated heterocycles. The van der Waals surface area contributed by atoms with Gasteiger partial charge in [-0.25, -0.2) is 4.98 Å². The molecule has 0 aliphatic heterocycles. The van der Waals surface area contributed by atoms with Crippen LogP contribution in [0.4, 0.5) is 11.5 Å². The fourth-order valence-corrected chi connectivity index (χ4v) is 3.50. The van der Waals surface area contributed by atoms with Crippen molar-refractivity contribution >= 4 is 23.4 Å². The molecule has 1 saturated carbocycles. The quantitative estimate of drug-likeness (QED) is 0.596. The summed E-state index contributed by atoms with van der Waals surface area (Å²) in [5.74, 6) is 0.0675. The molecule has 0 bridgehead atoms. The smallest absolute Gasteiger partial charge is 0.317 e. The fraction of sp³-hybridized carbons (Fsp3) is 0.381. The van der Waals surface area contributed by atoms with Gasteiger partial charge in [0.15, 0.2) is 0 Å². The number of nitrogens with zero attached hydrogens (tertiary/aromatic N) is 2. The van der Waals surface area contributed by atoms with Crippen molar-refractivity contribution in [3.05, 3.63) is 48.2 Å². The molecule has 1 aliphatic rings. The highest BCUT2D eigenvalue weighted by Crippen LogP contribution is 2.29. The van der Waals surface area contributed by atoms with Crippen LogP contribution >= 0.6 is 0 Å². The molecule has 2 aromatic rings. The first kappa shape index (κ1) is 20.6. The number of aromatic nitrogens is 1. The molecule has 1 fully saturated rings. The van der Waals surface area contributed by atoms with E-state index in [1.807, 2.05) is 36.1 Å². The Balaban J connectivity index is 1.63. The molecule has 1 aliphatic carbocycles. The Labute approximate surface area is 169 Å². The van der Waals surface area contributed by atoms with E-state index < -0.39 is 5.97 Å². The molecule has 1 aromatic carbocycles. The van der Waals surface area contributed by atoms with E-state index in [9.17, 15) is 9.59 Å². The van der Waals surface area contributed by atoms with Gasteiger partial charge in [-0.3, -0.25) is 14.5 Å². The standard InChI is InChI=1S/C21H26N4O4/c1-3-25(13-19(26)27)15-11-14(12-15)23-21(28)16-7-6-10-22-20(16)24-17-8-4-5-9-18(17)29-2/h4-10,14-15H,3,11-13H2,1-2H3,(H,22,24)(H,23,28)(H,26,27). The molecule has 1 heterocycles. The number of para-hydroxylation sites is 2. The van der Waals surface area contributed by atoms with E-state index >= 15 is 0 Å². The second-order valence-electron chi connectivity index (χ2n) is 6.98. The normalized spacial score (nSPS) is 18.0. The number of carboxylic acid groups (broad SMARTS) is 1. The number of carbonyl (C=O) groups is 2. The highest BCUT2D eigenvalue weighted by Gasteiger charge is 2.35. The number of amides is 1. The molecule has 8 nitrogen and oxygen atoms in total. The van der Waals surface area contributed by atoms with Gasteiger partial charge in [0.2, 0.25) is 0 Å². The summed E-state index contributed by atoms with van der Waals surface area (Å²) in [7, 11) is 1.59. The van der Waals surface area contributed by atoms with E-state index in [0.29, 0.717) is 23.7 Å². The molecule has 1 aromatic heterocycles. The minimum absolute atomic E-state index is 0.0228. The molecule has 0 unspecified atom stereocenters. The lowest BCUT2D eigenvalue weighted by Crippen LogP contribution is -2.54. The lowest BCUT2D eigenvalue weighted by molar-refractivity contribution is -0.139. The molecule has 0 radical (unpaired) electrons. The van der Waals surface area contributed by atoms with Gasteiger partial charge in [-0.2, -0.15) is 0 Å². The van der Waals surface area contributed by atoms with E-state index in [4.69, 9.17) is 9.84 Å². The number of aliphatic carboxylic acids is 1. The molecule has 1 amide bonds. The highest BCUT2D eigenvalue weighted by atomic mass is 16.5. The van der Waals surface area contributed by atoms with Crippen LogP contribution in [0.25, 0.3) is 0 Å². The van der Waals surface area contributed by atoms with Gasteiger partial charge in [-0.15, -0.1) is 0 Å². The van der Waals surface area contributed by atoms with Crippen LogP contribution in [0.5, 0.6) is 5.75 Å². The topological polar surface area (TPSA) is 104 Å². The van der Waals surface area contributed by atoms with Gasteiger partial charge >= 0.3 is 5.97 Å². The van der Waals surface area contributed by atoms with Crippen molar-refractivity contribution in [2.75, 3.05) is 25.5 Å². The number of hydrogen-bond donors (Lipinski definition) is 3. The first-order chi connectivity index (χ1) is 14.0. The van der Waals surface area contributed by atoms with E-state index in [1.165, 1.54) is 0 Å². The first-order valence-corrected chi connectivity index (χ1v) is 9.63. The predicted octanol–water partition coefficient (Wildman–Crippen LogP) is 2.50. The van der Waals surface area contributed by atoms with Gasteiger partial charge in [-0.1, -0.05) is 19.1 Å². The average molecular weight is 398 g/mol. The molecule has 0 spiro atoms. The Morgan fingerprint density at radius 2 is 2.00 bits per heavy atom. The van der Waals surface area contributed by atoms with Crippen LogP contribution in [0.3, 0.4) is 0 Å². The van der Waals surface area contributed by atoms with Gasteiger partial charge in [0.25, 0.3) is 5.91 Å². The third-order valence-corrected chi connectivity index (χ3v) is 5.12. The maximum atomic E-state index is 12.8. The van der Waals surface area contributed by atoms with Crippen LogP contribution < -0.4 is 15.4 Å². The van der Waals surface area contributed by atoms with Crippen molar-refractivity contribution < 1.29 is 19.4 Å². The van der Waals surface area contributed by atoms with E-state index in [1.54, 1.807) is 25.4 Å². The summed E-state index contributed by atoms with van der Waals surface area (Å²) in [5.41, 5.74) is 1.17. The molecule has 0 atom stereocenters. The van der Waals surface area contributed by atoms with E-state index in [-0.39, 0.29) is 24.5 Å². The number of likely N-dealkylation sites (N-methyl/N-ethyl adjacent to an activating group) is 1. The Morgan fingerprint density at radius 1 is 1.24 bits per heavy atom. The number of rotatable bonds is 9. The molecule has 154 valence electrons. The van der Waals surface area contributed by atoms with Crippen LogP contribution in [0, 0.1) is 0 Å². The summed E-state index contributed by atoms with van der Waals surface area (Å²) in [6.45, 7) is 2.64. The lowest BCUT2D eigenvalue weighted by Gasteiger charge is -2.42. The fourth-order valence-electron chi connectivity index (χ4n) is 3.50. The summed E-state index contributed by atoms with van der Waals surface area (Å²) < 4.78 is 5.34. The van der Waals surface area contributed by atoms with Crippen LogP contribution in [0.2, 0.25) is 0 Å². The molecular weight excluding hydrogens is 372 g/mol. The zero-order valence-electron chi connectivity index (χ0n) is 16.6. The number of methoxy groups -OCH3 is 1. The maximum Gasteiger partial charge on any atom is 0.317 e. The van der Waals surface area contributed by atoms with Crippen molar-refractivity contribution in [2.45, 2.75) is 31.8 Å². The number of carbonyl (C=O) groups excluding carboxylic acids is 1. The van der Waals surface area contributed by atoms with E-state index in [2.05, 4.69) is 15.6 Å². The van der Waals surface area contributed by atoms with Gasteiger partial charge in [0.1, 0.15) is 11.6 Å². The summed E-state index contributed by atoms with van der Waals surface area (Å²) >= 11 is 0. The monoisotopic (exact) mass is 398 g/mol. The van der Waals surface area contributed by atoms with Crippen molar-refractivity contribution in [3.8, 4) is 5.75 Å². The molecule has 3 rings (SSSR count). The highest BCUT2D eigenvalue weighted by molar-refractivity contribution is 5.99. The minimum Gasteiger partial charge on any atom is -0.495 e. The average Bonchev–Trinajstić information content (AvgIpc) is 2.69.